The lowest BCUT2D eigenvalue weighted by molar-refractivity contribution is -0.688. The molecule has 0 aliphatic carbocycles. The van der Waals surface area contributed by atoms with Crippen molar-refractivity contribution in [1.29, 1.82) is 0 Å². The highest BCUT2D eigenvalue weighted by Gasteiger charge is 2.26. The molecule has 148 valence electrons. The molecule has 4 heteroatoms. The van der Waals surface area contributed by atoms with Crippen molar-refractivity contribution in [2.75, 3.05) is 4.90 Å². The average Bonchev–Trinajstić information content (AvgIpc) is 3.25. The normalized spacial score (nSPS) is 15.8. The molecule has 0 amide bonds. The first-order valence-corrected chi connectivity index (χ1v) is 11.7. The molecule has 0 N–H and O–H groups in total. The predicted molar refractivity (Wildman–Crippen MR) is 129 cm³/mol. The third-order valence-electron chi connectivity index (χ3n) is 4.89. The Bertz CT molecular complexity index is 1100. The summed E-state index contributed by atoms with van der Waals surface area (Å²) in [5.74, 6) is 0. The highest BCUT2D eigenvalue weighted by Crippen LogP contribution is 2.46. The number of thioether (sulfide) groups is 1. The van der Waals surface area contributed by atoms with Gasteiger partial charge < -0.3 is 4.90 Å². The molecular formula is C25H27N2S2+. The van der Waals surface area contributed by atoms with Crippen LogP contribution in [0.4, 0.5) is 5.69 Å². The highest BCUT2D eigenvalue weighted by atomic mass is 32.2. The standard InChI is InChI=1S/C25H27N2S2/c1-18(2)26-20-12-8-10-14-22(20)28-24(26)16-6-5-7-17-25-27(19(3)4)21-13-9-11-15-23(21)29-25/h5-19H,1-4H3/q+1. The zero-order valence-electron chi connectivity index (χ0n) is 17.4. The third-order valence-corrected chi connectivity index (χ3v) is 7.10. The Morgan fingerprint density at radius 2 is 1.66 bits per heavy atom. The lowest BCUT2D eigenvalue weighted by atomic mass is 10.2. The zero-order valence-corrected chi connectivity index (χ0v) is 19.0. The summed E-state index contributed by atoms with van der Waals surface area (Å²) in [4.78, 5) is 3.74. The fraction of sp³-hybridized carbons (Fsp3) is 0.240. The van der Waals surface area contributed by atoms with Gasteiger partial charge >= 0.3 is 0 Å². The summed E-state index contributed by atoms with van der Waals surface area (Å²) < 4.78 is 3.74. The van der Waals surface area contributed by atoms with Gasteiger partial charge in [-0.1, -0.05) is 65.6 Å². The lowest BCUT2D eigenvalue weighted by Gasteiger charge is -2.24. The van der Waals surface area contributed by atoms with Crippen LogP contribution in [0.25, 0.3) is 16.3 Å². The minimum Gasteiger partial charge on any atom is -0.332 e. The van der Waals surface area contributed by atoms with Crippen LogP contribution in [0.5, 0.6) is 0 Å². The molecule has 0 bridgehead atoms. The summed E-state index contributed by atoms with van der Waals surface area (Å²) in [5.41, 5.74) is 2.62. The minimum absolute atomic E-state index is 0.435. The van der Waals surface area contributed by atoms with Gasteiger partial charge in [0.1, 0.15) is 4.70 Å². The molecule has 0 saturated heterocycles. The zero-order chi connectivity index (χ0) is 20.4. The molecule has 2 aromatic carbocycles. The van der Waals surface area contributed by atoms with Gasteiger partial charge in [0.05, 0.1) is 10.7 Å². The summed E-state index contributed by atoms with van der Waals surface area (Å²) in [6.07, 6.45) is 10.9. The van der Waals surface area contributed by atoms with Crippen LogP contribution in [-0.2, 0) is 0 Å². The van der Waals surface area contributed by atoms with Crippen molar-refractivity contribution in [1.82, 2.24) is 0 Å². The molecule has 1 aliphatic heterocycles. The van der Waals surface area contributed by atoms with Gasteiger partial charge in [-0.15, -0.1) is 0 Å². The number of nitrogens with zero attached hydrogens (tertiary/aromatic N) is 2. The molecule has 0 saturated carbocycles. The molecule has 2 nitrogen and oxygen atoms in total. The molecule has 3 aromatic rings. The molecule has 1 aliphatic rings. The van der Waals surface area contributed by atoms with Gasteiger partial charge in [-0.25, -0.2) is 0 Å². The van der Waals surface area contributed by atoms with Gasteiger partial charge in [0.15, 0.2) is 6.04 Å². The van der Waals surface area contributed by atoms with E-state index in [1.165, 1.54) is 30.8 Å². The van der Waals surface area contributed by atoms with Gasteiger partial charge in [-0.3, -0.25) is 0 Å². The van der Waals surface area contributed by atoms with E-state index in [4.69, 9.17) is 0 Å². The first kappa shape index (κ1) is 20.0. The van der Waals surface area contributed by atoms with E-state index >= 15 is 0 Å². The van der Waals surface area contributed by atoms with Crippen molar-refractivity contribution >= 4 is 45.1 Å². The van der Waals surface area contributed by atoms with Crippen molar-refractivity contribution in [2.45, 2.75) is 44.7 Å². The average molecular weight is 420 g/mol. The van der Waals surface area contributed by atoms with Crippen molar-refractivity contribution in [3.05, 3.63) is 82.9 Å². The van der Waals surface area contributed by atoms with E-state index in [0.29, 0.717) is 12.1 Å². The third kappa shape index (κ3) is 4.05. The summed E-state index contributed by atoms with van der Waals surface area (Å²) in [7, 11) is 0. The van der Waals surface area contributed by atoms with Crippen molar-refractivity contribution in [2.24, 2.45) is 0 Å². The van der Waals surface area contributed by atoms with Crippen LogP contribution in [0.15, 0.2) is 82.8 Å². The maximum absolute atomic E-state index is 2.41. The number of aromatic nitrogens is 1. The predicted octanol–water partition coefficient (Wildman–Crippen LogP) is 7.20. The van der Waals surface area contributed by atoms with E-state index in [1.807, 2.05) is 23.1 Å². The first-order chi connectivity index (χ1) is 14.1. The fourth-order valence-corrected chi connectivity index (χ4v) is 6.07. The summed E-state index contributed by atoms with van der Waals surface area (Å²) >= 11 is 3.69. The van der Waals surface area contributed by atoms with Crippen molar-refractivity contribution in [3.8, 4) is 0 Å². The molecule has 4 rings (SSSR count). The summed E-state index contributed by atoms with van der Waals surface area (Å²) in [6.45, 7) is 8.97. The van der Waals surface area contributed by atoms with Crippen molar-refractivity contribution in [3.63, 3.8) is 0 Å². The van der Waals surface area contributed by atoms with Crippen LogP contribution in [0, 0.1) is 0 Å². The van der Waals surface area contributed by atoms with Crippen LogP contribution in [-0.4, -0.2) is 6.04 Å². The number of allylic oxidation sites excluding steroid dienone is 4. The van der Waals surface area contributed by atoms with E-state index < -0.39 is 0 Å². The number of anilines is 1. The Hall–Kier alpha value is -2.30. The Morgan fingerprint density at radius 1 is 0.897 bits per heavy atom. The smallest absolute Gasteiger partial charge is 0.262 e. The largest absolute Gasteiger partial charge is 0.332 e. The maximum atomic E-state index is 2.41. The quantitative estimate of drug-likeness (QED) is 0.319. The van der Waals surface area contributed by atoms with E-state index in [-0.39, 0.29) is 0 Å². The van der Waals surface area contributed by atoms with Crippen LogP contribution in [0.2, 0.25) is 0 Å². The highest BCUT2D eigenvalue weighted by molar-refractivity contribution is 8.03. The van der Waals surface area contributed by atoms with Gasteiger partial charge in [0.2, 0.25) is 5.52 Å². The van der Waals surface area contributed by atoms with Gasteiger partial charge in [0, 0.05) is 23.1 Å². The fourth-order valence-electron chi connectivity index (χ4n) is 3.68. The van der Waals surface area contributed by atoms with E-state index in [9.17, 15) is 0 Å². The Balaban J connectivity index is 1.55. The Kier molecular flexibility index (Phi) is 5.93. The molecule has 0 unspecified atom stereocenters. The van der Waals surface area contributed by atoms with Crippen LogP contribution < -0.4 is 9.47 Å². The molecule has 29 heavy (non-hydrogen) atoms. The monoisotopic (exact) mass is 419 g/mol. The van der Waals surface area contributed by atoms with Crippen LogP contribution in [0.3, 0.4) is 0 Å². The Labute approximate surface area is 181 Å². The van der Waals surface area contributed by atoms with Gasteiger partial charge in [0.25, 0.3) is 5.01 Å². The lowest BCUT2D eigenvalue weighted by Crippen LogP contribution is -2.37. The number of rotatable bonds is 5. The van der Waals surface area contributed by atoms with Crippen LogP contribution >= 0.6 is 23.1 Å². The number of hydrogen-bond acceptors (Lipinski definition) is 3. The maximum Gasteiger partial charge on any atom is 0.262 e. The number of hydrogen-bond donors (Lipinski definition) is 0. The number of para-hydroxylation sites is 2. The molecule has 0 radical (unpaired) electrons. The second-order valence-corrected chi connectivity index (χ2v) is 9.78. The van der Waals surface area contributed by atoms with Gasteiger partial charge in [-0.2, -0.15) is 4.57 Å². The molecule has 0 atom stereocenters. The number of benzene rings is 2. The van der Waals surface area contributed by atoms with Crippen LogP contribution in [0.1, 0.15) is 38.7 Å². The van der Waals surface area contributed by atoms with Crippen molar-refractivity contribution < 1.29 is 4.57 Å². The second kappa shape index (κ2) is 8.60. The SMILES string of the molecule is CC(C)N1C(=CC=CC=Cc2sc3ccccc3[n+]2C(C)C)Sc2ccccc21. The second-order valence-electron chi connectivity index (χ2n) is 7.65. The molecule has 0 fully saturated rings. The first-order valence-electron chi connectivity index (χ1n) is 10.1. The van der Waals surface area contributed by atoms with E-state index in [1.54, 1.807) is 0 Å². The summed E-state index contributed by atoms with van der Waals surface area (Å²) in [5, 5.41) is 2.56. The molecule has 2 heterocycles. The van der Waals surface area contributed by atoms with Gasteiger partial charge in [-0.05, 0) is 52.0 Å². The van der Waals surface area contributed by atoms with E-state index in [0.717, 1.165) is 0 Å². The molecule has 1 aromatic heterocycles. The number of thiazole rings is 1. The molecule has 0 spiro atoms. The number of fused-ring (bicyclic) bond motifs is 2. The Morgan fingerprint density at radius 3 is 2.45 bits per heavy atom. The molecular weight excluding hydrogens is 392 g/mol. The van der Waals surface area contributed by atoms with E-state index in [2.05, 4.69) is 116 Å². The summed E-state index contributed by atoms with van der Waals surface area (Å²) in [6, 6.07) is 18.1. The topological polar surface area (TPSA) is 7.12 Å². The minimum atomic E-state index is 0.435.